The van der Waals surface area contributed by atoms with Crippen LogP contribution in [0, 0.1) is 6.92 Å². The van der Waals surface area contributed by atoms with Gasteiger partial charge in [0.1, 0.15) is 5.15 Å². The molecule has 3 nitrogen and oxygen atoms in total. The number of benzene rings is 1. The molecule has 0 spiro atoms. The number of anilines is 1. The predicted molar refractivity (Wildman–Crippen MR) is 50.3 cm³/mol. The Kier molecular flexibility index (Phi) is 1.48. The Hall–Kier alpha value is -1.22. The molecule has 12 heavy (non-hydrogen) atoms. The van der Waals surface area contributed by atoms with Crippen LogP contribution in [0.5, 0.6) is 0 Å². The molecule has 0 saturated heterocycles. The predicted octanol–water partition coefficient (Wildman–Crippen LogP) is 2.11. The zero-order valence-electron chi connectivity index (χ0n) is 6.56. The Morgan fingerprint density at radius 1 is 1.50 bits per heavy atom. The van der Waals surface area contributed by atoms with Gasteiger partial charge in [0.2, 0.25) is 0 Å². The summed E-state index contributed by atoms with van der Waals surface area (Å²) < 4.78 is 0. The number of hydrogen-bond donors (Lipinski definition) is 2. The van der Waals surface area contributed by atoms with Crippen molar-refractivity contribution in [1.29, 1.82) is 0 Å². The molecule has 0 amide bonds. The van der Waals surface area contributed by atoms with Crippen molar-refractivity contribution in [2.45, 2.75) is 6.92 Å². The molecular formula is C8H8ClN3. The van der Waals surface area contributed by atoms with E-state index in [2.05, 4.69) is 10.2 Å². The molecule has 0 atom stereocenters. The van der Waals surface area contributed by atoms with E-state index >= 15 is 0 Å². The number of nitrogens with zero attached hydrogens (tertiary/aromatic N) is 1. The first-order valence-electron chi connectivity index (χ1n) is 3.58. The molecule has 0 aliphatic heterocycles. The molecule has 3 N–H and O–H groups in total. The summed E-state index contributed by atoms with van der Waals surface area (Å²) >= 11 is 5.84. The van der Waals surface area contributed by atoms with Crippen LogP contribution in [0.4, 0.5) is 5.69 Å². The number of nitrogens with one attached hydrogen (secondary N) is 1. The Morgan fingerprint density at radius 2 is 2.25 bits per heavy atom. The maximum Gasteiger partial charge on any atom is 0.132 e. The van der Waals surface area contributed by atoms with Gasteiger partial charge in [-0.2, -0.15) is 5.10 Å². The summed E-state index contributed by atoms with van der Waals surface area (Å²) in [5.74, 6) is 0. The Morgan fingerprint density at radius 3 is 3.00 bits per heavy atom. The van der Waals surface area contributed by atoms with Crippen LogP contribution >= 0.6 is 11.6 Å². The molecule has 62 valence electrons. The molecular weight excluding hydrogens is 174 g/mol. The van der Waals surface area contributed by atoms with Crippen molar-refractivity contribution in [2.24, 2.45) is 0 Å². The number of halogens is 1. The van der Waals surface area contributed by atoms with Crippen LogP contribution in [0.2, 0.25) is 5.15 Å². The van der Waals surface area contributed by atoms with Gasteiger partial charge in [-0.15, -0.1) is 0 Å². The number of rotatable bonds is 0. The highest BCUT2D eigenvalue weighted by atomic mass is 35.5. The third kappa shape index (κ3) is 0.940. The van der Waals surface area contributed by atoms with Crippen molar-refractivity contribution < 1.29 is 0 Å². The fourth-order valence-electron chi connectivity index (χ4n) is 1.15. The number of nitrogens with two attached hydrogens (primary N) is 1. The van der Waals surface area contributed by atoms with E-state index in [4.69, 9.17) is 17.3 Å². The second-order valence-electron chi connectivity index (χ2n) is 2.76. The van der Waals surface area contributed by atoms with Gasteiger partial charge < -0.3 is 5.73 Å². The van der Waals surface area contributed by atoms with Gasteiger partial charge in [0.05, 0.1) is 5.52 Å². The van der Waals surface area contributed by atoms with E-state index in [1.165, 1.54) is 0 Å². The summed E-state index contributed by atoms with van der Waals surface area (Å²) in [6, 6.07) is 3.74. The van der Waals surface area contributed by atoms with Gasteiger partial charge in [0.25, 0.3) is 0 Å². The maximum atomic E-state index is 5.84. The minimum Gasteiger partial charge on any atom is -0.398 e. The molecule has 1 heterocycles. The lowest BCUT2D eigenvalue weighted by Gasteiger charge is -1.97. The SMILES string of the molecule is Cc1cc2c(Cl)[nH]nc2cc1N. The van der Waals surface area contributed by atoms with Crippen LogP contribution < -0.4 is 5.73 Å². The van der Waals surface area contributed by atoms with E-state index in [-0.39, 0.29) is 0 Å². The average molecular weight is 182 g/mol. The number of hydrogen-bond acceptors (Lipinski definition) is 2. The third-order valence-electron chi connectivity index (χ3n) is 1.90. The van der Waals surface area contributed by atoms with Gasteiger partial charge in [-0.3, -0.25) is 5.10 Å². The number of aryl methyl sites for hydroxylation is 1. The van der Waals surface area contributed by atoms with E-state index in [1.807, 2.05) is 19.1 Å². The Bertz CT molecular complexity index is 433. The zero-order valence-corrected chi connectivity index (χ0v) is 7.31. The average Bonchev–Trinajstić information content (AvgIpc) is 2.35. The van der Waals surface area contributed by atoms with E-state index in [0.717, 1.165) is 22.2 Å². The van der Waals surface area contributed by atoms with Gasteiger partial charge >= 0.3 is 0 Å². The van der Waals surface area contributed by atoms with Crippen molar-refractivity contribution in [3.8, 4) is 0 Å². The highest BCUT2D eigenvalue weighted by Gasteiger charge is 2.04. The topological polar surface area (TPSA) is 54.7 Å². The lowest BCUT2D eigenvalue weighted by Crippen LogP contribution is -1.88. The quantitative estimate of drug-likeness (QED) is 0.612. The molecule has 0 radical (unpaired) electrons. The zero-order chi connectivity index (χ0) is 8.72. The van der Waals surface area contributed by atoms with E-state index in [9.17, 15) is 0 Å². The molecule has 1 aromatic heterocycles. The van der Waals surface area contributed by atoms with Crippen LogP contribution in [0.3, 0.4) is 0 Å². The lowest BCUT2D eigenvalue weighted by molar-refractivity contribution is 1.12. The molecule has 0 saturated carbocycles. The van der Waals surface area contributed by atoms with E-state index < -0.39 is 0 Å². The number of aromatic amines is 1. The normalized spacial score (nSPS) is 10.8. The minimum absolute atomic E-state index is 0.563. The monoisotopic (exact) mass is 181 g/mol. The number of H-pyrrole nitrogens is 1. The first kappa shape index (κ1) is 7.43. The highest BCUT2D eigenvalue weighted by Crippen LogP contribution is 2.24. The molecule has 0 fully saturated rings. The lowest BCUT2D eigenvalue weighted by atomic mass is 10.1. The van der Waals surface area contributed by atoms with E-state index in [0.29, 0.717) is 5.15 Å². The molecule has 2 rings (SSSR count). The molecule has 0 aliphatic carbocycles. The minimum atomic E-state index is 0.563. The molecule has 0 unspecified atom stereocenters. The van der Waals surface area contributed by atoms with Crippen LogP contribution in [-0.2, 0) is 0 Å². The molecule has 4 heteroatoms. The van der Waals surface area contributed by atoms with Crippen LogP contribution in [0.1, 0.15) is 5.56 Å². The summed E-state index contributed by atoms with van der Waals surface area (Å²) in [4.78, 5) is 0. The largest absolute Gasteiger partial charge is 0.398 e. The number of aromatic nitrogens is 2. The summed E-state index contributed by atoms with van der Waals surface area (Å²) in [5, 5.41) is 8.16. The molecule has 2 aromatic rings. The van der Waals surface area contributed by atoms with Gasteiger partial charge in [-0.1, -0.05) is 11.6 Å². The van der Waals surface area contributed by atoms with Crippen molar-refractivity contribution in [1.82, 2.24) is 10.2 Å². The Labute approximate surface area is 74.5 Å². The van der Waals surface area contributed by atoms with Crippen molar-refractivity contribution in [2.75, 3.05) is 5.73 Å². The fourth-order valence-corrected chi connectivity index (χ4v) is 1.34. The van der Waals surface area contributed by atoms with Crippen LogP contribution in [-0.4, -0.2) is 10.2 Å². The van der Waals surface area contributed by atoms with Crippen molar-refractivity contribution in [3.05, 3.63) is 22.8 Å². The smallest absolute Gasteiger partial charge is 0.132 e. The van der Waals surface area contributed by atoms with Crippen molar-refractivity contribution in [3.63, 3.8) is 0 Å². The first-order chi connectivity index (χ1) is 5.68. The van der Waals surface area contributed by atoms with E-state index in [1.54, 1.807) is 0 Å². The van der Waals surface area contributed by atoms with Gasteiger partial charge in [-0.25, -0.2) is 0 Å². The Balaban J connectivity index is 2.87. The number of fused-ring (bicyclic) bond motifs is 1. The number of nitrogen functional groups attached to an aromatic ring is 1. The second kappa shape index (κ2) is 2.38. The summed E-state index contributed by atoms with van der Waals surface area (Å²) in [6.07, 6.45) is 0. The van der Waals surface area contributed by atoms with Gasteiger partial charge in [0.15, 0.2) is 0 Å². The first-order valence-corrected chi connectivity index (χ1v) is 3.96. The molecule has 1 aromatic carbocycles. The molecule has 0 bridgehead atoms. The summed E-state index contributed by atoms with van der Waals surface area (Å²) in [6.45, 7) is 1.94. The molecule has 0 aliphatic rings. The van der Waals surface area contributed by atoms with Crippen LogP contribution in [0.25, 0.3) is 10.9 Å². The highest BCUT2D eigenvalue weighted by molar-refractivity contribution is 6.34. The summed E-state index contributed by atoms with van der Waals surface area (Å²) in [7, 11) is 0. The third-order valence-corrected chi connectivity index (χ3v) is 2.18. The van der Waals surface area contributed by atoms with Crippen molar-refractivity contribution >= 4 is 28.2 Å². The van der Waals surface area contributed by atoms with Gasteiger partial charge in [0, 0.05) is 11.1 Å². The standard InChI is InChI=1S/C8H8ClN3/c1-4-2-5-7(3-6(4)10)11-12-8(5)9/h2-3H,10H2,1H3,(H,11,12). The maximum absolute atomic E-state index is 5.84. The summed E-state index contributed by atoms with van der Waals surface area (Å²) in [5.41, 5.74) is 8.27. The second-order valence-corrected chi connectivity index (χ2v) is 3.14. The van der Waals surface area contributed by atoms with Gasteiger partial charge in [-0.05, 0) is 24.6 Å². The fraction of sp³-hybridized carbons (Fsp3) is 0.125. The van der Waals surface area contributed by atoms with Crippen LogP contribution in [0.15, 0.2) is 12.1 Å².